The number of ether oxygens (including phenoxy) is 1. The number of carbonyl (C=O) groups is 3. The van der Waals surface area contributed by atoms with Gasteiger partial charge < -0.3 is 20.3 Å². The van der Waals surface area contributed by atoms with Crippen LogP contribution in [0, 0.1) is 0 Å². The molecular weight excluding hydrogens is 498 g/mol. The zero-order valence-corrected chi connectivity index (χ0v) is 20.8. The molecular formula is C26H30BrN3O4. The molecule has 180 valence electrons. The lowest BCUT2D eigenvalue weighted by Gasteiger charge is -2.31. The predicted octanol–water partition coefficient (Wildman–Crippen LogP) is 3.92. The highest BCUT2D eigenvalue weighted by molar-refractivity contribution is 9.10. The number of halogens is 1. The van der Waals surface area contributed by atoms with E-state index in [0.29, 0.717) is 29.8 Å². The number of nitrogens with one attached hydrogen (secondary N) is 2. The third kappa shape index (κ3) is 5.78. The van der Waals surface area contributed by atoms with Gasteiger partial charge in [0.05, 0.1) is 7.11 Å². The van der Waals surface area contributed by atoms with E-state index in [-0.39, 0.29) is 29.8 Å². The van der Waals surface area contributed by atoms with Crippen LogP contribution in [0.3, 0.4) is 0 Å². The Bertz CT molecular complexity index is 1030. The summed E-state index contributed by atoms with van der Waals surface area (Å²) in [6.07, 6.45) is 4.70. The summed E-state index contributed by atoms with van der Waals surface area (Å²) in [5, 5.41) is 6.26. The fourth-order valence-corrected chi connectivity index (χ4v) is 5.16. The first-order chi connectivity index (χ1) is 16.4. The van der Waals surface area contributed by atoms with Gasteiger partial charge in [0.25, 0.3) is 11.8 Å². The Morgan fingerprint density at radius 3 is 2.24 bits per heavy atom. The van der Waals surface area contributed by atoms with Crippen LogP contribution in [-0.2, 0) is 4.79 Å². The Morgan fingerprint density at radius 1 is 0.912 bits per heavy atom. The van der Waals surface area contributed by atoms with Crippen molar-refractivity contribution < 1.29 is 19.1 Å². The first-order valence-corrected chi connectivity index (χ1v) is 12.6. The van der Waals surface area contributed by atoms with Crippen molar-refractivity contribution in [3.8, 4) is 5.75 Å². The van der Waals surface area contributed by atoms with Crippen LogP contribution in [0.2, 0.25) is 0 Å². The molecule has 2 N–H and O–H groups in total. The van der Waals surface area contributed by atoms with Gasteiger partial charge in [0.2, 0.25) is 5.91 Å². The number of rotatable bonds is 6. The van der Waals surface area contributed by atoms with Gasteiger partial charge in [-0.3, -0.25) is 14.4 Å². The Kier molecular flexibility index (Phi) is 7.88. The fourth-order valence-electron chi connectivity index (χ4n) is 4.76. The molecule has 2 aromatic rings. The van der Waals surface area contributed by atoms with Gasteiger partial charge in [0, 0.05) is 34.2 Å². The smallest absolute Gasteiger partial charge is 0.254 e. The monoisotopic (exact) mass is 527 g/mol. The number of nitrogens with zero attached hydrogens (tertiary/aromatic N) is 1. The maximum Gasteiger partial charge on any atom is 0.254 e. The molecule has 4 rings (SSSR count). The Hall–Kier alpha value is -2.87. The summed E-state index contributed by atoms with van der Waals surface area (Å²) in [6, 6.07) is 14.0. The molecule has 1 atom stereocenters. The van der Waals surface area contributed by atoms with Gasteiger partial charge in [-0.1, -0.05) is 22.0 Å². The molecule has 1 saturated heterocycles. The molecule has 0 radical (unpaired) electrons. The van der Waals surface area contributed by atoms with E-state index in [0.717, 1.165) is 36.6 Å². The Balaban J connectivity index is 1.26. The largest absolute Gasteiger partial charge is 0.497 e. The van der Waals surface area contributed by atoms with Crippen molar-refractivity contribution in [2.24, 2.45) is 0 Å². The molecule has 1 heterocycles. The molecule has 1 aliphatic carbocycles. The van der Waals surface area contributed by atoms with Crippen molar-refractivity contribution in [1.29, 1.82) is 0 Å². The van der Waals surface area contributed by atoms with Crippen molar-refractivity contribution in [3.63, 3.8) is 0 Å². The van der Waals surface area contributed by atoms with Crippen molar-refractivity contribution in [3.05, 3.63) is 64.1 Å². The number of hydrogen-bond acceptors (Lipinski definition) is 4. The van der Waals surface area contributed by atoms with Crippen LogP contribution in [0.15, 0.2) is 53.0 Å². The minimum atomic E-state index is -0.432. The molecule has 0 bridgehead atoms. The van der Waals surface area contributed by atoms with Crippen LogP contribution in [0.4, 0.5) is 0 Å². The molecule has 2 aliphatic rings. The van der Waals surface area contributed by atoms with Gasteiger partial charge >= 0.3 is 0 Å². The van der Waals surface area contributed by atoms with Crippen molar-refractivity contribution in [2.75, 3.05) is 13.7 Å². The van der Waals surface area contributed by atoms with Crippen LogP contribution in [0.5, 0.6) is 5.75 Å². The molecule has 0 spiro atoms. The average Bonchev–Trinajstić information content (AvgIpc) is 3.35. The highest BCUT2D eigenvalue weighted by atomic mass is 79.9. The molecule has 2 aromatic carbocycles. The van der Waals surface area contributed by atoms with E-state index in [1.807, 2.05) is 12.1 Å². The third-order valence-electron chi connectivity index (χ3n) is 6.65. The molecule has 0 unspecified atom stereocenters. The third-order valence-corrected chi connectivity index (χ3v) is 7.14. The number of likely N-dealkylation sites (tertiary alicyclic amines) is 1. The van der Waals surface area contributed by atoms with Crippen LogP contribution in [0.1, 0.15) is 59.2 Å². The fraction of sp³-hybridized carbons (Fsp3) is 0.423. The van der Waals surface area contributed by atoms with E-state index in [4.69, 9.17) is 4.74 Å². The summed E-state index contributed by atoms with van der Waals surface area (Å²) in [5.74, 6) is 0.435. The average molecular weight is 528 g/mol. The van der Waals surface area contributed by atoms with Crippen LogP contribution in [0.25, 0.3) is 0 Å². The van der Waals surface area contributed by atoms with E-state index in [2.05, 4.69) is 26.6 Å². The Labute approximate surface area is 208 Å². The maximum atomic E-state index is 13.0. The standard InChI is InChI=1S/C26H30BrN3O4/c1-34-22-13-7-17(8-14-22)24(31)28-20-9-11-21(12-10-20)29-25(32)23-6-3-15-30(23)26(33)18-4-2-5-19(27)16-18/h2,4-5,7-8,13-14,16,20-21,23H,3,6,9-12,15H2,1H3,(H,28,31)(H,29,32)/t20?,21?,23-/m0/s1. The van der Waals surface area contributed by atoms with Crippen LogP contribution < -0.4 is 15.4 Å². The van der Waals surface area contributed by atoms with Gasteiger partial charge in [0.15, 0.2) is 0 Å². The van der Waals surface area contributed by atoms with Gasteiger partial charge in [-0.2, -0.15) is 0 Å². The van der Waals surface area contributed by atoms with E-state index >= 15 is 0 Å². The molecule has 7 nitrogen and oxygen atoms in total. The molecule has 2 fully saturated rings. The van der Waals surface area contributed by atoms with Crippen LogP contribution in [-0.4, -0.2) is 54.4 Å². The van der Waals surface area contributed by atoms with E-state index in [1.165, 1.54) is 0 Å². The molecule has 3 amide bonds. The summed E-state index contributed by atoms with van der Waals surface area (Å²) in [7, 11) is 1.59. The highest BCUT2D eigenvalue weighted by Gasteiger charge is 2.36. The normalized spacial score (nSPS) is 22.2. The highest BCUT2D eigenvalue weighted by Crippen LogP contribution is 2.24. The number of hydrogen-bond donors (Lipinski definition) is 2. The second-order valence-corrected chi connectivity index (χ2v) is 9.84. The SMILES string of the molecule is COc1ccc(C(=O)NC2CCC(NC(=O)[C@@H]3CCCN3C(=O)c3cccc(Br)c3)CC2)cc1. The first kappa shape index (κ1) is 24.3. The lowest BCUT2D eigenvalue weighted by molar-refractivity contribution is -0.125. The molecule has 34 heavy (non-hydrogen) atoms. The van der Waals surface area contributed by atoms with Gasteiger partial charge in [-0.15, -0.1) is 0 Å². The summed E-state index contributed by atoms with van der Waals surface area (Å²) in [4.78, 5) is 40.2. The van der Waals surface area contributed by atoms with Crippen molar-refractivity contribution >= 4 is 33.7 Å². The van der Waals surface area contributed by atoms with Crippen LogP contribution >= 0.6 is 15.9 Å². The van der Waals surface area contributed by atoms with E-state index in [1.54, 1.807) is 48.4 Å². The Morgan fingerprint density at radius 2 is 1.59 bits per heavy atom. The zero-order valence-electron chi connectivity index (χ0n) is 19.3. The van der Waals surface area contributed by atoms with Crippen molar-refractivity contribution in [2.45, 2.75) is 56.7 Å². The lowest BCUT2D eigenvalue weighted by atomic mass is 9.90. The molecule has 1 aliphatic heterocycles. The lowest BCUT2D eigenvalue weighted by Crippen LogP contribution is -2.50. The second kappa shape index (κ2) is 11.0. The summed E-state index contributed by atoms with van der Waals surface area (Å²) in [5.41, 5.74) is 1.19. The minimum absolute atomic E-state index is 0.0602. The number of benzene rings is 2. The van der Waals surface area contributed by atoms with Crippen molar-refractivity contribution in [1.82, 2.24) is 15.5 Å². The molecule has 1 saturated carbocycles. The summed E-state index contributed by atoms with van der Waals surface area (Å²) >= 11 is 3.41. The molecule has 0 aromatic heterocycles. The first-order valence-electron chi connectivity index (χ1n) is 11.8. The number of carbonyl (C=O) groups excluding carboxylic acids is 3. The summed E-state index contributed by atoms with van der Waals surface area (Å²) in [6.45, 7) is 0.591. The topological polar surface area (TPSA) is 87.7 Å². The van der Waals surface area contributed by atoms with E-state index in [9.17, 15) is 14.4 Å². The van der Waals surface area contributed by atoms with Gasteiger partial charge in [-0.25, -0.2) is 0 Å². The quantitative estimate of drug-likeness (QED) is 0.595. The summed E-state index contributed by atoms with van der Waals surface area (Å²) < 4.78 is 5.98. The minimum Gasteiger partial charge on any atom is -0.497 e. The zero-order chi connectivity index (χ0) is 24.1. The predicted molar refractivity (Wildman–Crippen MR) is 133 cm³/mol. The maximum absolute atomic E-state index is 13.0. The van der Waals surface area contributed by atoms with Gasteiger partial charge in [-0.05, 0) is 81.0 Å². The molecule has 8 heteroatoms. The van der Waals surface area contributed by atoms with Gasteiger partial charge in [0.1, 0.15) is 11.8 Å². The van der Waals surface area contributed by atoms with E-state index < -0.39 is 6.04 Å². The number of amides is 3. The number of methoxy groups -OCH3 is 1. The second-order valence-electron chi connectivity index (χ2n) is 8.93.